The quantitative estimate of drug-likeness (QED) is 0.0943. The average molecular weight is 695 g/mol. The summed E-state index contributed by atoms with van der Waals surface area (Å²) in [5, 5.41) is 0. The minimum Gasteiger partial charge on any atom is -0.371 e. The lowest BCUT2D eigenvalue weighted by atomic mass is 9.62. The molecule has 0 spiro atoms. The molecule has 0 N–H and O–H groups in total. The monoisotopic (exact) mass is 694 g/mol. The van der Waals surface area contributed by atoms with Crippen molar-refractivity contribution in [2.45, 2.75) is 48.1 Å². The largest absolute Gasteiger partial charge is 0.371 e. The second-order valence-corrected chi connectivity index (χ2v) is 13.9. The second-order valence-electron chi connectivity index (χ2n) is 13.9. The molecule has 2 aliphatic rings. The lowest BCUT2D eigenvalue weighted by Gasteiger charge is -2.52. The van der Waals surface area contributed by atoms with Gasteiger partial charge in [-0.3, -0.25) is 0 Å². The van der Waals surface area contributed by atoms with Crippen LogP contribution in [-0.4, -0.2) is 37.6 Å². The van der Waals surface area contributed by atoms with E-state index in [9.17, 15) is 0 Å². The molecule has 53 heavy (non-hydrogen) atoms. The third-order valence-electron chi connectivity index (χ3n) is 11.1. The van der Waals surface area contributed by atoms with E-state index in [1.165, 1.54) is 0 Å². The number of benzene rings is 6. The highest BCUT2D eigenvalue weighted by Gasteiger charge is 2.55. The first-order chi connectivity index (χ1) is 26.3. The zero-order valence-electron chi connectivity index (χ0n) is 30.0. The summed E-state index contributed by atoms with van der Waals surface area (Å²) in [4.78, 5) is 0. The summed E-state index contributed by atoms with van der Waals surface area (Å²) in [6.07, 6.45) is 8.65. The molecule has 3 heteroatoms. The molecule has 8 rings (SSSR count). The molecule has 0 bridgehead atoms. The minimum absolute atomic E-state index is 0.276. The van der Waals surface area contributed by atoms with Crippen LogP contribution >= 0.6 is 0 Å². The molecule has 264 valence electrons. The zero-order valence-corrected chi connectivity index (χ0v) is 30.0. The van der Waals surface area contributed by atoms with Crippen LogP contribution in [0.3, 0.4) is 0 Å². The van der Waals surface area contributed by atoms with Crippen molar-refractivity contribution in [1.82, 2.24) is 0 Å². The first-order valence-electron chi connectivity index (χ1n) is 18.8. The van der Waals surface area contributed by atoms with Crippen LogP contribution in [0.4, 0.5) is 0 Å². The van der Waals surface area contributed by atoms with Gasteiger partial charge >= 0.3 is 0 Å². The molecule has 0 saturated carbocycles. The molecule has 0 aliphatic carbocycles. The smallest absolute Gasteiger partial charge is 0.102 e. The molecule has 6 aromatic carbocycles. The Morgan fingerprint density at radius 3 is 0.811 bits per heavy atom. The average Bonchev–Trinajstić information content (AvgIpc) is 3.26. The van der Waals surface area contributed by atoms with Crippen LogP contribution in [-0.2, 0) is 25.0 Å². The molecule has 2 heterocycles. The van der Waals surface area contributed by atoms with Crippen molar-refractivity contribution in [2.75, 3.05) is 13.2 Å². The van der Waals surface area contributed by atoms with Crippen LogP contribution in [0, 0.1) is 0 Å². The van der Waals surface area contributed by atoms with Crippen molar-refractivity contribution in [1.29, 1.82) is 0 Å². The number of rotatable bonds is 12. The van der Waals surface area contributed by atoms with Crippen LogP contribution in [0.2, 0.25) is 0 Å². The summed E-state index contributed by atoms with van der Waals surface area (Å²) >= 11 is 0. The summed E-state index contributed by atoms with van der Waals surface area (Å²) in [6.45, 7) is 1.04. The lowest BCUT2D eigenvalue weighted by molar-refractivity contribution is -0.168. The second kappa shape index (κ2) is 16.1. The van der Waals surface area contributed by atoms with Crippen LogP contribution < -0.4 is 0 Å². The summed E-state index contributed by atoms with van der Waals surface area (Å²) < 4.78 is 22.0. The predicted octanol–water partition coefficient (Wildman–Crippen LogP) is 10.5. The normalized spacial score (nSPS) is 18.6. The van der Waals surface area contributed by atoms with Gasteiger partial charge in [-0.2, -0.15) is 0 Å². The molecule has 0 aromatic heterocycles. The van der Waals surface area contributed by atoms with Gasteiger partial charge in [-0.1, -0.05) is 206 Å². The van der Waals surface area contributed by atoms with Gasteiger partial charge < -0.3 is 14.2 Å². The minimum atomic E-state index is -0.766. The fraction of sp³-hybridized carbons (Fsp3) is 0.200. The predicted molar refractivity (Wildman–Crippen MR) is 214 cm³/mol. The van der Waals surface area contributed by atoms with E-state index in [1.807, 2.05) is 0 Å². The Morgan fingerprint density at radius 1 is 0.358 bits per heavy atom. The number of ether oxygens (including phenoxy) is 3. The molecule has 6 aromatic rings. The van der Waals surface area contributed by atoms with Crippen molar-refractivity contribution in [2.24, 2.45) is 0 Å². The topological polar surface area (TPSA) is 27.7 Å². The Morgan fingerprint density at radius 2 is 0.604 bits per heavy atom. The molecule has 4 atom stereocenters. The van der Waals surface area contributed by atoms with Gasteiger partial charge in [0, 0.05) is 0 Å². The third kappa shape index (κ3) is 6.62. The number of hydrogen-bond acceptors (Lipinski definition) is 3. The fourth-order valence-electron chi connectivity index (χ4n) is 8.80. The molecule has 3 nitrogen and oxygen atoms in total. The first kappa shape index (κ1) is 34.7. The molecule has 4 unspecified atom stereocenters. The Labute approximate surface area is 314 Å². The molecule has 0 fully saturated rings. The highest BCUT2D eigenvalue weighted by Crippen LogP contribution is 2.51. The maximum Gasteiger partial charge on any atom is 0.102 e. The third-order valence-corrected chi connectivity index (χ3v) is 11.1. The Hall–Kier alpha value is -5.32. The molecule has 2 aliphatic heterocycles. The first-order valence-corrected chi connectivity index (χ1v) is 18.8. The van der Waals surface area contributed by atoms with Gasteiger partial charge in [0.25, 0.3) is 0 Å². The van der Waals surface area contributed by atoms with E-state index in [1.54, 1.807) is 0 Å². The van der Waals surface area contributed by atoms with Crippen LogP contribution in [0.1, 0.15) is 46.2 Å². The van der Waals surface area contributed by atoms with E-state index >= 15 is 0 Å². The van der Waals surface area contributed by atoms with E-state index in [0.29, 0.717) is 26.1 Å². The Kier molecular flexibility index (Phi) is 10.6. The van der Waals surface area contributed by atoms with Crippen molar-refractivity contribution in [3.63, 3.8) is 0 Å². The van der Waals surface area contributed by atoms with Gasteiger partial charge in [-0.05, 0) is 46.2 Å². The standard InChI is InChI=1S/C50H46O3/c1-7-23-39(24-8-1)49(40-25-9-2-10-26-40,41-27-11-3-12-28-41)47(45-35-19-21-37-51-45)53-48(46-36-20-22-38-52-46)50(42-29-13-4-14-30-42,43-31-15-5-16-32-43)44-33-17-6-18-34-44/h1-34,45-48H,35-38H2. The van der Waals surface area contributed by atoms with Crippen molar-refractivity contribution >= 4 is 0 Å². The zero-order chi connectivity index (χ0) is 35.8. The van der Waals surface area contributed by atoms with Gasteiger partial charge in [0.1, 0.15) is 12.2 Å². The van der Waals surface area contributed by atoms with E-state index < -0.39 is 23.0 Å². The summed E-state index contributed by atoms with van der Waals surface area (Å²) in [5.41, 5.74) is 5.35. The molecular weight excluding hydrogens is 649 g/mol. The SMILES string of the molecule is C1=CCC(C(OC(C2CC=CCO2)C(c2ccccc2)(c2ccccc2)c2ccccc2)C(c2ccccc2)(c2ccccc2)c2ccccc2)OC1. The van der Waals surface area contributed by atoms with Crippen molar-refractivity contribution in [3.8, 4) is 0 Å². The Balaban J connectivity index is 1.47. The van der Waals surface area contributed by atoms with Crippen LogP contribution in [0.25, 0.3) is 0 Å². The van der Waals surface area contributed by atoms with Crippen molar-refractivity contribution < 1.29 is 14.2 Å². The maximum atomic E-state index is 8.27. The van der Waals surface area contributed by atoms with Gasteiger partial charge in [0.05, 0.1) is 36.3 Å². The van der Waals surface area contributed by atoms with E-state index in [4.69, 9.17) is 14.2 Å². The van der Waals surface area contributed by atoms with Gasteiger partial charge in [0.2, 0.25) is 0 Å². The van der Waals surface area contributed by atoms with E-state index in [0.717, 1.165) is 33.4 Å². The van der Waals surface area contributed by atoms with Gasteiger partial charge in [-0.25, -0.2) is 0 Å². The van der Waals surface area contributed by atoms with Crippen molar-refractivity contribution in [3.05, 3.63) is 240 Å². The molecular formula is C50H46O3. The summed E-state index contributed by atoms with van der Waals surface area (Å²) in [7, 11) is 0. The highest BCUT2D eigenvalue weighted by atomic mass is 16.6. The maximum absolute atomic E-state index is 8.27. The van der Waals surface area contributed by atoms with Gasteiger partial charge in [-0.15, -0.1) is 0 Å². The summed E-state index contributed by atoms with van der Waals surface area (Å²) in [6, 6.07) is 65.3. The molecule has 0 saturated heterocycles. The fourth-order valence-corrected chi connectivity index (χ4v) is 8.80. The molecule has 0 amide bonds. The van der Waals surface area contributed by atoms with Gasteiger partial charge in [0.15, 0.2) is 0 Å². The number of hydrogen-bond donors (Lipinski definition) is 0. The van der Waals surface area contributed by atoms with Crippen LogP contribution in [0.5, 0.6) is 0 Å². The van der Waals surface area contributed by atoms with E-state index in [2.05, 4.69) is 206 Å². The Bertz CT molecular complexity index is 1720. The van der Waals surface area contributed by atoms with Crippen LogP contribution in [0.15, 0.2) is 206 Å². The highest BCUT2D eigenvalue weighted by molar-refractivity contribution is 5.55. The molecule has 0 radical (unpaired) electrons. The lowest BCUT2D eigenvalue weighted by Crippen LogP contribution is -2.59. The summed E-state index contributed by atoms with van der Waals surface area (Å²) in [5.74, 6) is 0. The van der Waals surface area contributed by atoms with E-state index in [-0.39, 0.29) is 12.2 Å².